The second-order valence-electron chi connectivity index (χ2n) is 4.68. The molecule has 2 rings (SSSR count). The molecule has 1 unspecified atom stereocenters. The van der Waals surface area contributed by atoms with Crippen LogP contribution in [0.5, 0.6) is 0 Å². The molecule has 1 aliphatic rings. The predicted molar refractivity (Wildman–Crippen MR) is 76.8 cm³/mol. The lowest BCUT2D eigenvalue weighted by Crippen LogP contribution is -2.42. The number of anilines is 1. The van der Waals surface area contributed by atoms with Gasteiger partial charge in [0.15, 0.2) is 0 Å². The molecule has 0 bridgehead atoms. The van der Waals surface area contributed by atoms with Crippen LogP contribution >= 0.6 is 0 Å². The zero-order valence-corrected chi connectivity index (χ0v) is 12.3. The molecule has 0 aliphatic carbocycles. The lowest BCUT2D eigenvalue weighted by Gasteiger charge is -2.24. The molecule has 0 amide bonds. The summed E-state index contributed by atoms with van der Waals surface area (Å²) < 4.78 is 33.4. The fraction of sp³-hybridized carbons (Fsp3) is 0.538. The average molecular weight is 300 g/mol. The molecule has 0 fully saturated rings. The molecular weight excluding hydrogens is 280 g/mol. The van der Waals surface area contributed by atoms with E-state index < -0.39 is 16.3 Å². The number of ether oxygens (including phenoxy) is 1. The highest BCUT2D eigenvalue weighted by molar-refractivity contribution is 7.90. The first-order chi connectivity index (χ1) is 9.56. The summed E-state index contributed by atoms with van der Waals surface area (Å²) in [5.74, 6) is 0. The van der Waals surface area contributed by atoms with Gasteiger partial charge in [0.05, 0.1) is 18.4 Å². The second-order valence-corrected chi connectivity index (χ2v) is 6.36. The molecule has 2 N–H and O–H groups in total. The Kier molecular flexibility index (Phi) is 4.98. The molecule has 0 aromatic heterocycles. The highest BCUT2D eigenvalue weighted by atomic mass is 32.2. The van der Waals surface area contributed by atoms with Crippen molar-refractivity contribution >= 4 is 15.9 Å². The minimum absolute atomic E-state index is 0.222. The summed E-state index contributed by atoms with van der Waals surface area (Å²) in [6, 6.07) is 7.06. The second kappa shape index (κ2) is 6.53. The van der Waals surface area contributed by atoms with E-state index in [2.05, 4.69) is 4.72 Å². The zero-order valence-electron chi connectivity index (χ0n) is 11.4. The SMILES string of the molecule is COCCNS(=O)(=O)N1CCCC(O)c2ccccc21. The molecule has 7 heteroatoms. The van der Waals surface area contributed by atoms with Crippen molar-refractivity contribution in [2.75, 3.05) is 31.1 Å². The first-order valence-corrected chi connectivity index (χ1v) is 8.03. The zero-order chi connectivity index (χ0) is 14.6. The van der Waals surface area contributed by atoms with Crippen LogP contribution < -0.4 is 9.03 Å². The summed E-state index contributed by atoms with van der Waals surface area (Å²) in [6.07, 6.45) is 0.549. The topological polar surface area (TPSA) is 78.9 Å². The van der Waals surface area contributed by atoms with Crippen molar-refractivity contribution in [1.29, 1.82) is 0 Å². The van der Waals surface area contributed by atoms with E-state index >= 15 is 0 Å². The number of benzene rings is 1. The first-order valence-electron chi connectivity index (χ1n) is 6.59. The monoisotopic (exact) mass is 300 g/mol. The summed E-state index contributed by atoms with van der Waals surface area (Å²) in [5.41, 5.74) is 1.20. The number of hydrogen-bond acceptors (Lipinski definition) is 4. The number of para-hydroxylation sites is 1. The van der Waals surface area contributed by atoms with E-state index in [1.165, 1.54) is 11.4 Å². The molecule has 112 valence electrons. The van der Waals surface area contributed by atoms with Gasteiger partial charge in [0.2, 0.25) is 0 Å². The van der Waals surface area contributed by atoms with E-state index in [1.807, 2.05) is 0 Å². The molecular formula is C13H20N2O4S. The molecule has 1 aromatic carbocycles. The van der Waals surface area contributed by atoms with Gasteiger partial charge in [-0.25, -0.2) is 0 Å². The van der Waals surface area contributed by atoms with Crippen molar-refractivity contribution in [3.63, 3.8) is 0 Å². The molecule has 1 heterocycles. The summed E-state index contributed by atoms with van der Waals surface area (Å²) in [5, 5.41) is 10.1. The number of aliphatic hydroxyl groups excluding tert-OH is 1. The number of nitrogens with one attached hydrogen (secondary N) is 1. The lowest BCUT2D eigenvalue weighted by molar-refractivity contribution is 0.168. The Bertz CT molecular complexity index is 547. The summed E-state index contributed by atoms with van der Waals surface area (Å²) in [6.45, 7) is 0.897. The Labute approximate surface area is 119 Å². The van der Waals surface area contributed by atoms with Gasteiger partial charge in [-0.05, 0) is 18.9 Å². The van der Waals surface area contributed by atoms with Gasteiger partial charge in [0.25, 0.3) is 0 Å². The summed E-state index contributed by atoms with van der Waals surface area (Å²) in [7, 11) is -2.10. The van der Waals surface area contributed by atoms with Gasteiger partial charge in [-0.1, -0.05) is 18.2 Å². The fourth-order valence-electron chi connectivity index (χ4n) is 2.30. The average Bonchev–Trinajstić information content (AvgIpc) is 2.59. The van der Waals surface area contributed by atoms with Crippen molar-refractivity contribution in [3.05, 3.63) is 29.8 Å². The van der Waals surface area contributed by atoms with Gasteiger partial charge in [0, 0.05) is 25.8 Å². The van der Waals surface area contributed by atoms with Gasteiger partial charge in [-0.15, -0.1) is 0 Å². The number of nitrogens with zero attached hydrogens (tertiary/aromatic N) is 1. The fourth-order valence-corrected chi connectivity index (χ4v) is 3.59. The Morgan fingerprint density at radius 1 is 1.45 bits per heavy atom. The van der Waals surface area contributed by atoms with Crippen LogP contribution in [0.4, 0.5) is 5.69 Å². The summed E-state index contributed by atoms with van der Waals surface area (Å²) >= 11 is 0. The maximum Gasteiger partial charge on any atom is 0.301 e. The van der Waals surface area contributed by atoms with Gasteiger partial charge >= 0.3 is 10.2 Å². The smallest absolute Gasteiger partial charge is 0.301 e. The molecule has 0 saturated heterocycles. The van der Waals surface area contributed by atoms with Gasteiger partial charge < -0.3 is 9.84 Å². The predicted octanol–water partition coefficient (Wildman–Crippen LogP) is 0.801. The molecule has 0 radical (unpaired) electrons. The van der Waals surface area contributed by atoms with Crippen LogP contribution in [0.2, 0.25) is 0 Å². The van der Waals surface area contributed by atoms with E-state index in [-0.39, 0.29) is 6.54 Å². The number of rotatable bonds is 5. The van der Waals surface area contributed by atoms with E-state index in [4.69, 9.17) is 4.74 Å². The maximum absolute atomic E-state index is 12.4. The molecule has 1 atom stereocenters. The van der Waals surface area contributed by atoms with Crippen LogP contribution in [0.3, 0.4) is 0 Å². The maximum atomic E-state index is 12.4. The van der Waals surface area contributed by atoms with E-state index in [0.29, 0.717) is 37.2 Å². The van der Waals surface area contributed by atoms with E-state index in [9.17, 15) is 13.5 Å². The number of fused-ring (bicyclic) bond motifs is 1. The van der Waals surface area contributed by atoms with Crippen LogP contribution in [0.15, 0.2) is 24.3 Å². The van der Waals surface area contributed by atoms with Gasteiger partial charge in [-0.3, -0.25) is 4.31 Å². The largest absolute Gasteiger partial charge is 0.388 e. The third-order valence-electron chi connectivity index (χ3n) is 3.28. The Morgan fingerprint density at radius 3 is 2.95 bits per heavy atom. The number of hydrogen-bond donors (Lipinski definition) is 2. The van der Waals surface area contributed by atoms with Crippen molar-refractivity contribution < 1.29 is 18.3 Å². The lowest BCUT2D eigenvalue weighted by atomic mass is 10.1. The Balaban J connectivity index is 2.29. The minimum Gasteiger partial charge on any atom is -0.388 e. The normalized spacial score (nSPS) is 19.5. The third-order valence-corrected chi connectivity index (χ3v) is 4.81. The van der Waals surface area contributed by atoms with Gasteiger partial charge in [-0.2, -0.15) is 13.1 Å². The molecule has 20 heavy (non-hydrogen) atoms. The van der Waals surface area contributed by atoms with Crippen LogP contribution in [0.25, 0.3) is 0 Å². The molecule has 6 nitrogen and oxygen atoms in total. The first kappa shape index (κ1) is 15.2. The van der Waals surface area contributed by atoms with Crippen LogP contribution in [0, 0.1) is 0 Å². The van der Waals surface area contributed by atoms with Crippen LogP contribution in [-0.2, 0) is 14.9 Å². The molecule has 1 aromatic rings. The Hall–Kier alpha value is -1.15. The molecule has 0 spiro atoms. The van der Waals surface area contributed by atoms with E-state index in [0.717, 1.165) is 0 Å². The molecule has 1 aliphatic heterocycles. The number of methoxy groups -OCH3 is 1. The van der Waals surface area contributed by atoms with Crippen molar-refractivity contribution in [2.24, 2.45) is 0 Å². The van der Waals surface area contributed by atoms with Crippen LogP contribution in [0.1, 0.15) is 24.5 Å². The highest BCUT2D eigenvalue weighted by Gasteiger charge is 2.28. The highest BCUT2D eigenvalue weighted by Crippen LogP contribution is 2.33. The standard InChI is InChI=1S/C13H20N2O4S/c1-19-10-8-14-20(17,18)15-9-4-7-13(16)11-5-2-3-6-12(11)15/h2-3,5-6,13-14,16H,4,7-10H2,1H3. The van der Waals surface area contributed by atoms with Crippen molar-refractivity contribution in [3.8, 4) is 0 Å². The van der Waals surface area contributed by atoms with Crippen LogP contribution in [-0.4, -0.2) is 40.3 Å². The quantitative estimate of drug-likeness (QED) is 0.789. The molecule has 0 saturated carbocycles. The Morgan fingerprint density at radius 2 is 2.20 bits per heavy atom. The van der Waals surface area contributed by atoms with E-state index in [1.54, 1.807) is 24.3 Å². The van der Waals surface area contributed by atoms with Crippen molar-refractivity contribution in [2.45, 2.75) is 18.9 Å². The van der Waals surface area contributed by atoms with Crippen molar-refractivity contribution in [1.82, 2.24) is 4.72 Å². The summed E-state index contributed by atoms with van der Waals surface area (Å²) in [4.78, 5) is 0. The van der Waals surface area contributed by atoms with Gasteiger partial charge in [0.1, 0.15) is 0 Å². The minimum atomic E-state index is -3.62. The third kappa shape index (κ3) is 3.29. The number of aliphatic hydroxyl groups is 1.